The molecule has 0 fully saturated rings. The number of carbonyl (C=O) groups excluding carboxylic acids is 1. The number of carbonyl (C=O) groups is 1. The van der Waals surface area contributed by atoms with Crippen LogP contribution in [0.3, 0.4) is 0 Å². The summed E-state index contributed by atoms with van der Waals surface area (Å²) in [6.07, 6.45) is 1.22. The van der Waals surface area contributed by atoms with E-state index in [9.17, 15) is 14.4 Å². The highest BCUT2D eigenvalue weighted by Gasteiger charge is 2.00. The van der Waals surface area contributed by atoms with E-state index in [1.165, 1.54) is 6.20 Å². The van der Waals surface area contributed by atoms with E-state index in [0.717, 1.165) is 0 Å². The van der Waals surface area contributed by atoms with Crippen molar-refractivity contribution in [1.82, 2.24) is 15.3 Å². The maximum atomic E-state index is 11.0. The monoisotopic (exact) mass is 184 g/mol. The van der Waals surface area contributed by atoms with Crippen molar-refractivity contribution in [2.75, 3.05) is 0 Å². The van der Waals surface area contributed by atoms with Gasteiger partial charge in [0.05, 0.1) is 12.1 Å². The number of nitrogens with two attached hydrogens (primary N) is 1. The first-order valence-corrected chi connectivity index (χ1v) is 3.44. The van der Waals surface area contributed by atoms with E-state index in [2.05, 4.69) is 10.3 Å². The number of urea groups is 1. The van der Waals surface area contributed by atoms with E-state index >= 15 is 0 Å². The first-order valence-electron chi connectivity index (χ1n) is 3.44. The molecular formula is C6H8N4O3. The molecule has 0 unspecified atom stereocenters. The Balaban J connectivity index is 2.84. The van der Waals surface area contributed by atoms with Crippen LogP contribution in [-0.2, 0) is 6.54 Å². The molecule has 13 heavy (non-hydrogen) atoms. The zero-order valence-electron chi connectivity index (χ0n) is 6.59. The predicted molar refractivity (Wildman–Crippen MR) is 44.1 cm³/mol. The van der Waals surface area contributed by atoms with Gasteiger partial charge in [0.25, 0.3) is 5.56 Å². The quantitative estimate of drug-likeness (QED) is 0.435. The molecule has 1 heterocycles. The fourth-order valence-corrected chi connectivity index (χ4v) is 0.751. The molecule has 0 radical (unpaired) electrons. The van der Waals surface area contributed by atoms with Gasteiger partial charge in [-0.2, -0.15) is 0 Å². The third kappa shape index (κ3) is 2.47. The maximum Gasteiger partial charge on any atom is 0.325 e. The molecule has 0 aromatic carbocycles. The summed E-state index contributed by atoms with van der Waals surface area (Å²) in [5.41, 5.74) is 3.89. The second-order valence-corrected chi connectivity index (χ2v) is 2.31. The molecule has 7 heteroatoms. The largest absolute Gasteiger partial charge is 0.352 e. The first kappa shape index (κ1) is 9.04. The number of hydrogen-bond donors (Lipinski definition) is 4. The summed E-state index contributed by atoms with van der Waals surface area (Å²) < 4.78 is 0. The number of aromatic nitrogens is 2. The third-order valence-electron chi connectivity index (χ3n) is 1.35. The minimum absolute atomic E-state index is 0.0125. The van der Waals surface area contributed by atoms with Crippen LogP contribution in [0, 0.1) is 0 Å². The van der Waals surface area contributed by atoms with Crippen LogP contribution in [0.2, 0.25) is 0 Å². The highest BCUT2D eigenvalue weighted by Crippen LogP contribution is 1.81. The molecule has 0 aliphatic heterocycles. The molecule has 7 nitrogen and oxygen atoms in total. The van der Waals surface area contributed by atoms with Crippen molar-refractivity contribution in [3.63, 3.8) is 0 Å². The lowest BCUT2D eigenvalue weighted by Gasteiger charge is -1.98. The van der Waals surface area contributed by atoms with Crippen molar-refractivity contribution >= 4 is 6.03 Å². The number of H-pyrrole nitrogens is 2. The van der Waals surface area contributed by atoms with E-state index in [1.54, 1.807) is 0 Å². The Labute approximate surface area is 72.0 Å². The van der Waals surface area contributed by atoms with Crippen LogP contribution in [0.25, 0.3) is 0 Å². The standard InChI is InChI=1S/C6H8N4O3/c7-5(12)8-1-3-2-9-6(13)10-4(3)11/h2H,1H2,(H3,7,8,12)(H2,9,10,11,13). The van der Waals surface area contributed by atoms with E-state index in [-0.39, 0.29) is 12.1 Å². The summed E-state index contributed by atoms with van der Waals surface area (Å²) in [6, 6.07) is -0.731. The molecule has 0 spiro atoms. The lowest BCUT2D eigenvalue weighted by atomic mass is 10.3. The Hall–Kier alpha value is -2.05. The van der Waals surface area contributed by atoms with Gasteiger partial charge in [0.15, 0.2) is 0 Å². The van der Waals surface area contributed by atoms with Crippen LogP contribution in [0.5, 0.6) is 0 Å². The van der Waals surface area contributed by atoms with Gasteiger partial charge in [-0.3, -0.25) is 9.78 Å². The molecule has 0 saturated carbocycles. The Kier molecular flexibility index (Phi) is 2.48. The van der Waals surface area contributed by atoms with Gasteiger partial charge >= 0.3 is 11.7 Å². The average molecular weight is 184 g/mol. The number of primary amides is 1. The maximum absolute atomic E-state index is 11.0. The summed E-state index contributed by atoms with van der Waals surface area (Å²) in [5.74, 6) is 0. The minimum Gasteiger partial charge on any atom is -0.352 e. The van der Waals surface area contributed by atoms with Gasteiger partial charge in [-0.25, -0.2) is 9.59 Å². The van der Waals surface area contributed by atoms with E-state index in [4.69, 9.17) is 5.73 Å². The highest BCUT2D eigenvalue weighted by molar-refractivity contribution is 5.71. The van der Waals surface area contributed by atoms with Gasteiger partial charge in [0, 0.05) is 6.20 Å². The van der Waals surface area contributed by atoms with E-state index < -0.39 is 17.3 Å². The summed E-state index contributed by atoms with van der Waals surface area (Å²) >= 11 is 0. The van der Waals surface area contributed by atoms with E-state index in [1.807, 2.05) is 4.98 Å². The van der Waals surface area contributed by atoms with Crippen LogP contribution < -0.4 is 22.3 Å². The van der Waals surface area contributed by atoms with Crippen molar-refractivity contribution in [1.29, 1.82) is 0 Å². The fraction of sp³-hybridized carbons (Fsp3) is 0.167. The number of hydrogen-bond acceptors (Lipinski definition) is 3. The Bertz CT molecular complexity index is 418. The predicted octanol–water partition coefficient (Wildman–Crippen LogP) is -1.77. The van der Waals surface area contributed by atoms with Crippen molar-refractivity contribution in [3.05, 3.63) is 32.6 Å². The average Bonchev–Trinajstić information content (AvgIpc) is 2.02. The summed E-state index contributed by atoms with van der Waals surface area (Å²) in [5, 5.41) is 2.22. The third-order valence-corrected chi connectivity index (χ3v) is 1.35. The zero-order valence-corrected chi connectivity index (χ0v) is 6.59. The highest BCUT2D eigenvalue weighted by atomic mass is 16.2. The molecule has 0 aliphatic carbocycles. The lowest BCUT2D eigenvalue weighted by molar-refractivity contribution is 0.248. The normalized spacial score (nSPS) is 9.54. The Morgan fingerprint density at radius 3 is 2.77 bits per heavy atom. The summed E-state index contributed by atoms with van der Waals surface area (Å²) in [4.78, 5) is 36.1. The van der Waals surface area contributed by atoms with Gasteiger partial charge in [-0.1, -0.05) is 0 Å². The number of aromatic amines is 2. The molecule has 1 aromatic rings. The Morgan fingerprint density at radius 1 is 1.54 bits per heavy atom. The second kappa shape index (κ2) is 3.57. The molecule has 0 atom stereocenters. The molecule has 1 aromatic heterocycles. The van der Waals surface area contributed by atoms with Crippen LogP contribution in [0.15, 0.2) is 15.8 Å². The first-order chi connectivity index (χ1) is 6.09. The van der Waals surface area contributed by atoms with Gasteiger partial charge in [0.2, 0.25) is 0 Å². The Morgan fingerprint density at radius 2 is 2.23 bits per heavy atom. The summed E-state index contributed by atoms with van der Waals surface area (Å²) in [7, 11) is 0. The molecule has 0 saturated heterocycles. The zero-order chi connectivity index (χ0) is 9.84. The molecule has 0 bridgehead atoms. The second-order valence-electron chi connectivity index (χ2n) is 2.31. The number of amides is 2. The van der Waals surface area contributed by atoms with Crippen molar-refractivity contribution in [2.24, 2.45) is 5.73 Å². The molecular weight excluding hydrogens is 176 g/mol. The molecule has 0 aliphatic rings. The minimum atomic E-state index is -0.731. The summed E-state index contributed by atoms with van der Waals surface area (Å²) in [6.45, 7) is -0.0125. The number of rotatable bonds is 2. The molecule has 2 amide bonds. The smallest absolute Gasteiger partial charge is 0.325 e. The van der Waals surface area contributed by atoms with Crippen LogP contribution in [0.4, 0.5) is 4.79 Å². The molecule has 5 N–H and O–H groups in total. The lowest BCUT2D eigenvalue weighted by Crippen LogP contribution is -2.33. The molecule has 1 rings (SSSR count). The van der Waals surface area contributed by atoms with Gasteiger partial charge < -0.3 is 16.0 Å². The van der Waals surface area contributed by atoms with Gasteiger partial charge in [-0.15, -0.1) is 0 Å². The molecule has 70 valence electrons. The topological polar surface area (TPSA) is 121 Å². The van der Waals surface area contributed by atoms with Gasteiger partial charge in [-0.05, 0) is 0 Å². The van der Waals surface area contributed by atoms with Crippen LogP contribution in [-0.4, -0.2) is 16.0 Å². The van der Waals surface area contributed by atoms with Crippen LogP contribution in [0.1, 0.15) is 5.56 Å². The SMILES string of the molecule is NC(=O)NCc1c[nH]c(=O)[nH]c1=O. The van der Waals surface area contributed by atoms with Crippen LogP contribution >= 0.6 is 0 Å². The fourth-order valence-electron chi connectivity index (χ4n) is 0.751. The van der Waals surface area contributed by atoms with Gasteiger partial charge in [0.1, 0.15) is 0 Å². The number of nitrogens with one attached hydrogen (secondary N) is 3. The van der Waals surface area contributed by atoms with Crippen molar-refractivity contribution < 1.29 is 4.79 Å². The van der Waals surface area contributed by atoms with Crippen molar-refractivity contribution in [3.8, 4) is 0 Å². The van der Waals surface area contributed by atoms with E-state index in [0.29, 0.717) is 0 Å². The van der Waals surface area contributed by atoms with Crippen molar-refractivity contribution in [2.45, 2.75) is 6.54 Å².